The van der Waals surface area contributed by atoms with Crippen LogP contribution in [0.15, 0.2) is 54.6 Å². The molecule has 1 amide bonds. The van der Waals surface area contributed by atoms with Crippen molar-refractivity contribution in [2.24, 2.45) is 5.92 Å². The second-order valence-electron chi connectivity index (χ2n) is 7.83. The van der Waals surface area contributed by atoms with Crippen molar-refractivity contribution in [3.8, 4) is 11.3 Å². The van der Waals surface area contributed by atoms with Crippen LogP contribution in [0.3, 0.4) is 0 Å². The second kappa shape index (κ2) is 7.71. The van der Waals surface area contributed by atoms with Crippen LogP contribution >= 0.6 is 11.6 Å². The van der Waals surface area contributed by atoms with Gasteiger partial charge in [-0.15, -0.1) is 0 Å². The Balaban J connectivity index is 1.64. The topological polar surface area (TPSA) is 86.3 Å². The lowest BCUT2D eigenvalue weighted by Crippen LogP contribution is -2.40. The quantitative estimate of drug-likeness (QED) is 0.477. The van der Waals surface area contributed by atoms with E-state index < -0.39 is 11.9 Å². The number of pyridine rings is 1. The van der Waals surface area contributed by atoms with Crippen molar-refractivity contribution < 1.29 is 14.7 Å². The van der Waals surface area contributed by atoms with Gasteiger partial charge in [0, 0.05) is 34.9 Å². The van der Waals surface area contributed by atoms with Gasteiger partial charge in [-0.1, -0.05) is 48.0 Å². The molecule has 0 spiro atoms. The van der Waals surface area contributed by atoms with Gasteiger partial charge >= 0.3 is 5.97 Å². The number of carbonyl (C=O) groups excluding carboxylic acids is 1. The van der Waals surface area contributed by atoms with E-state index in [1.54, 1.807) is 11.0 Å². The summed E-state index contributed by atoms with van der Waals surface area (Å²) in [5.41, 5.74) is 3.50. The molecule has 0 unspecified atom stereocenters. The van der Waals surface area contributed by atoms with Gasteiger partial charge in [-0.05, 0) is 31.0 Å². The van der Waals surface area contributed by atoms with E-state index in [1.807, 2.05) is 48.5 Å². The molecule has 31 heavy (non-hydrogen) atoms. The molecule has 6 nitrogen and oxygen atoms in total. The molecular weight excluding hydrogens is 414 g/mol. The first kappa shape index (κ1) is 19.6. The van der Waals surface area contributed by atoms with E-state index in [2.05, 4.69) is 4.98 Å². The minimum Gasteiger partial charge on any atom is -0.481 e. The lowest BCUT2D eigenvalue weighted by atomic mass is 9.97. The lowest BCUT2D eigenvalue weighted by Gasteiger charge is -2.30. The zero-order valence-electron chi connectivity index (χ0n) is 16.6. The van der Waals surface area contributed by atoms with Crippen molar-refractivity contribution in [3.05, 3.63) is 65.3 Å². The first-order valence-corrected chi connectivity index (χ1v) is 10.6. The average Bonchev–Trinajstić information content (AvgIpc) is 3.17. The second-order valence-corrected chi connectivity index (χ2v) is 8.24. The number of halogens is 1. The van der Waals surface area contributed by atoms with Crippen molar-refractivity contribution in [1.82, 2.24) is 14.9 Å². The highest BCUT2D eigenvalue weighted by atomic mass is 35.5. The molecule has 0 aliphatic carbocycles. The highest BCUT2D eigenvalue weighted by Crippen LogP contribution is 2.36. The normalized spacial score (nSPS) is 14.9. The molecule has 2 N–H and O–H groups in total. The Kier molecular flexibility index (Phi) is 4.87. The Hall–Kier alpha value is -3.38. The molecule has 1 aliphatic heterocycles. The van der Waals surface area contributed by atoms with E-state index in [0.29, 0.717) is 42.3 Å². The molecule has 7 heteroatoms. The number of fused-ring (bicyclic) bond motifs is 3. The molecule has 0 saturated carbocycles. The van der Waals surface area contributed by atoms with Gasteiger partial charge in [0.2, 0.25) is 0 Å². The Labute approximate surface area is 183 Å². The molecule has 2 aromatic heterocycles. The van der Waals surface area contributed by atoms with Crippen LogP contribution in [0.5, 0.6) is 0 Å². The minimum absolute atomic E-state index is 0.190. The summed E-state index contributed by atoms with van der Waals surface area (Å²) in [5.74, 6) is -1.39. The maximum absolute atomic E-state index is 13.3. The van der Waals surface area contributed by atoms with E-state index >= 15 is 0 Å². The van der Waals surface area contributed by atoms with Gasteiger partial charge < -0.3 is 15.0 Å². The Morgan fingerprint density at radius 1 is 1.03 bits per heavy atom. The summed E-state index contributed by atoms with van der Waals surface area (Å²) in [4.78, 5) is 34.4. The number of nitrogens with one attached hydrogen (secondary N) is 1. The summed E-state index contributed by atoms with van der Waals surface area (Å²) < 4.78 is 0. The third-order valence-electron chi connectivity index (χ3n) is 5.98. The molecule has 1 aliphatic rings. The number of piperidine rings is 1. The predicted octanol–water partition coefficient (Wildman–Crippen LogP) is 4.97. The van der Waals surface area contributed by atoms with Crippen molar-refractivity contribution in [3.63, 3.8) is 0 Å². The number of hydrogen-bond acceptors (Lipinski definition) is 3. The molecule has 1 fully saturated rings. The van der Waals surface area contributed by atoms with Gasteiger partial charge in [0.1, 0.15) is 5.69 Å². The Bertz CT molecular complexity index is 1320. The van der Waals surface area contributed by atoms with E-state index in [1.165, 1.54) is 0 Å². The van der Waals surface area contributed by atoms with Crippen LogP contribution < -0.4 is 0 Å². The Morgan fingerprint density at radius 2 is 1.74 bits per heavy atom. The number of benzene rings is 2. The van der Waals surface area contributed by atoms with Crippen LogP contribution in [0, 0.1) is 5.92 Å². The highest BCUT2D eigenvalue weighted by Gasteiger charge is 2.29. The third kappa shape index (κ3) is 3.43. The molecular formula is C24H20ClN3O3. The molecule has 0 bridgehead atoms. The minimum atomic E-state index is -0.800. The van der Waals surface area contributed by atoms with Crippen LogP contribution in [-0.2, 0) is 4.79 Å². The monoisotopic (exact) mass is 433 g/mol. The first-order valence-electron chi connectivity index (χ1n) is 10.2. The van der Waals surface area contributed by atoms with E-state index in [-0.39, 0.29) is 5.91 Å². The van der Waals surface area contributed by atoms with E-state index in [0.717, 1.165) is 27.4 Å². The summed E-state index contributed by atoms with van der Waals surface area (Å²) in [5, 5.41) is 11.7. The number of nitrogens with zero attached hydrogens (tertiary/aromatic N) is 2. The Morgan fingerprint density at radius 3 is 2.48 bits per heavy atom. The maximum atomic E-state index is 13.3. The highest BCUT2D eigenvalue weighted by molar-refractivity contribution is 6.33. The maximum Gasteiger partial charge on any atom is 0.306 e. The molecule has 0 atom stereocenters. The lowest BCUT2D eigenvalue weighted by molar-refractivity contribution is -0.143. The number of carbonyl (C=O) groups is 2. The SMILES string of the molecule is O=C(O)C1CCN(C(=O)c2cc3c([nH]c4ccccc43)c(-c3ccccc3Cl)n2)CC1. The zero-order valence-corrected chi connectivity index (χ0v) is 17.4. The van der Waals surface area contributed by atoms with Crippen LogP contribution in [0.1, 0.15) is 23.3 Å². The van der Waals surface area contributed by atoms with E-state index in [4.69, 9.17) is 16.6 Å². The number of aliphatic carboxylic acids is 1. The van der Waals surface area contributed by atoms with Crippen molar-refractivity contribution in [1.29, 1.82) is 0 Å². The fourth-order valence-electron chi connectivity index (χ4n) is 4.29. The number of amides is 1. The number of para-hydroxylation sites is 1. The molecule has 4 aromatic rings. The molecule has 1 saturated heterocycles. The standard InChI is InChI=1S/C24H20ClN3O3/c25-18-7-3-1-6-16(18)21-22-17(15-5-2-4-8-19(15)26-22)13-20(27-21)23(29)28-11-9-14(10-12-28)24(30)31/h1-8,13-14,26H,9-12H2,(H,30,31). The number of carboxylic acids is 1. The number of hydrogen-bond donors (Lipinski definition) is 2. The van der Waals surface area contributed by atoms with Gasteiger partial charge in [-0.3, -0.25) is 9.59 Å². The number of aromatic amines is 1. The van der Waals surface area contributed by atoms with Gasteiger partial charge in [0.15, 0.2) is 0 Å². The summed E-state index contributed by atoms with van der Waals surface area (Å²) in [6, 6.07) is 17.2. The third-order valence-corrected chi connectivity index (χ3v) is 6.31. The predicted molar refractivity (Wildman–Crippen MR) is 120 cm³/mol. The van der Waals surface area contributed by atoms with Crippen LogP contribution in [0.2, 0.25) is 5.02 Å². The summed E-state index contributed by atoms with van der Waals surface area (Å²) in [6.45, 7) is 0.815. The summed E-state index contributed by atoms with van der Waals surface area (Å²) >= 11 is 6.48. The molecule has 0 radical (unpaired) electrons. The molecule has 5 rings (SSSR count). The molecule has 2 aromatic carbocycles. The zero-order chi connectivity index (χ0) is 21.5. The summed E-state index contributed by atoms with van der Waals surface area (Å²) in [7, 11) is 0. The number of likely N-dealkylation sites (tertiary alicyclic amines) is 1. The van der Waals surface area contributed by atoms with Crippen molar-refractivity contribution >= 4 is 45.3 Å². The van der Waals surface area contributed by atoms with E-state index in [9.17, 15) is 14.7 Å². The summed E-state index contributed by atoms with van der Waals surface area (Å²) in [6.07, 6.45) is 0.904. The van der Waals surface area contributed by atoms with Crippen molar-refractivity contribution in [2.45, 2.75) is 12.8 Å². The average molecular weight is 434 g/mol. The van der Waals surface area contributed by atoms with Gasteiger partial charge in [0.25, 0.3) is 5.91 Å². The molecule has 156 valence electrons. The smallest absolute Gasteiger partial charge is 0.306 e. The number of rotatable bonds is 3. The van der Waals surface area contributed by atoms with Crippen LogP contribution in [0.4, 0.5) is 0 Å². The van der Waals surface area contributed by atoms with Crippen molar-refractivity contribution in [2.75, 3.05) is 13.1 Å². The van der Waals surface area contributed by atoms with Crippen LogP contribution in [-0.4, -0.2) is 44.9 Å². The number of carboxylic acid groups (broad SMARTS) is 1. The van der Waals surface area contributed by atoms with Gasteiger partial charge in [-0.2, -0.15) is 0 Å². The number of H-pyrrole nitrogens is 1. The molecule has 3 heterocycles. The first-order chi connectivity index (χ1) is 15.0. The largest absolute Gasteiger partial charge is 0.481 e. The fraction of sp³-hybridized carbons (Fsp3) is 0.208. The van der Waals surface area contributed by atoms with Gasteiger partial charge in [-0.25, -0.2) is 4.98 Å². The van der Waals surface area contributed by atoms with Gasteiger partial charge in [0.05, 0.1) is 22.2 Å². The fourth-order valence-corrected chi connectivity index (χ4v) is 4.52. The number of aromatic nitrogens is 2. The van der Waals surface area contributed by atoms with Crippen LogP contribution in [0.25, 0.3) is 33.1 Å².